The van der Waals surface area contributed by atoms with Gasteiger partial charge in [-0.25, -0.2) is 0 Å². The molecular formula is C16H10BrClS. The van der Waals surface area contributed by atoms with Gasteiger partial charge < -0.3 is 0 Å². The Morgan fingerprint density at radius 1 is 0.842 bits per heavy atom. The van der Waals surface area contributed by atoms with E-state index >= 15 is 0 Å². The van der Waals surface area contributed by atoms with Crippen LogP contribution in [-0.4, -0.2) is 0 Å². The normalized spacial score (nSPS) is 10.6. The Kier molecular flexibility index (Phi) is 3.74. The van der Waals surface area contributed by atoms with Crippen molar-refractivity contribution in [2.45, 2.75) is 0 Å². The fourth-order valence-corrected chi connectivity index (χ4v) is 3.95. The zero-order valence-electron chi connectivity index (χ0n) is 9.94. The highest BCUT2D eigenvalue weighted by molar-refractivity contribution is 9.10. The summed E-state index contributed by atoms with van der Waals surface area (Å²) in [6.07, 6.45) is 0. The molecule has 0 fully saturated rings. The Labute approximate surface area is 129 Å². The predicted molar refractivity (Wildman–Crippen MR) is 87.9 cm³/mol. The maximum absolute atomic E-state index is 5.93. The molecular weight excluding hydrogens is 340 g/mol. The minimum absolute atomic E-state index is 0.764. The van der Waals surface area contributed by atoms with E-state index in [-0.39, 0.29) is 0 Å². The first kappa shape index (κ1) is 12.9. The van der Waals surface area contributed by atoms with Crippen molar-refractivity contribution < 1.29 is 0 Å². The molecule has 0 N–H and O–H groups in total. The van der Waals surface area contributed by atoms with Crippen molar-refractivity contribution in [1.82, 2.24) is 0 Å². The third kappa shape index (κ3) is 2.76. The van der Waals surface area contributed by atoms with Crippen molar-refractivity contribution in [3.8, 4) is 20.9 Å². The molecule has 0 bridgehead atoms. The third-order valence-corrected chi connectivity index (χ3v) is 5.22. The summed E-state index contributed by atoms with van der Waals surface area (Å²) >= 11 is 11.4. The lowest BCUT2D eigenvalue weighted by Gasteiger charge is -1.99. The van der Waals surface area contributed by atoms with Crippen LogP contribution in [0.1, 0.15) is 0 Å². The third-order valence-electron chi connectivity index (χ3n) is 2.85. The molecule has 1 heterocycles. The van der Waals surface area contributed by atoms with Crippen LogP contribution in [0.4, 0.5) is 0 Å². The number of rotatable bonds is 2. The fraction of sp³-hybridized carbons (Fsp3) is 0. The summed E-state index contributed by atoms with van der Waals surface area (Å²) in [5, 5.41) is 0.764. The molecule has 0 saturated carbocycles. The molecule has 1 aromatic heterocycles. The first-order chi connectivity index (χ1) is 9.24. The van der Waals surface area contributed by atoms with Crippen LogP contribution in [0.3, 0.4) is 0 Å². The molecule has 0 spiro atoms. The van der Waals surface area contributed by atoms with E-state index in [0.717, 1.165) is 9.50 Å². The van der Waals surface area contributed by atoms with Crippen LogP contribution < -0.4 is 0 Å². The van der Waals surface area contributed by atoms with Crippen LogP contribution in [0.15, 0.2) is 65.1 Å². The average Bonchev–Trinajstić information content (AvgIpc) is 2.83. The number of halogens is 2. The molecule has 0 atom stereocenters. The maximum Gasteiger partial charge on any atom is 0.0491 e. The SMILES string of the molecule is Clc1ccc(-c2sc(-c3ccccc3)cc2Br)cc1. The van der Waals surface area contributed by atoms with Crippen molar-refractivity contribution in [3.63, 3.8) is 0 Å². The summed E-state index contributed by atoms with van der Waals surface area (Å²) in [6, 6.07) is 20.5. The predicted octanol–water partition coefficient (Wildman–Crippen LogP) is 6.50. The van der Waals surface area contributed by atoms with Gasteiger partial charge in [0.25, 0.3) is 0 Å². The summed E-state index contributed by atoms with van der Waals surface area (Å²) in [5.74, 6) is 0. The van der Waals surface area contributed by atoms with Gasteiger partial charge in [-0.1, -0.05) is 54.1 Å². The summed E-state index contributed by atoms with van der Waals surface area (Å²) in [7, 11) is 0. The highest BCUT2D eigenvalue weighted by Gasteiger charge is 2.10. The van der Waals surface area contributed by atoms with Gasteiger partial charge >= 0.3 is 0 Å². The van der Waals surface area contributed by atoms with Gasteiger partial charge in [-0.05, 0) is 45.3 Å². The summed E-state index contributed by atoms with van der Waals surface area (Å²) in [6.45, 7) is 0. The molecule has 3 aromatic rings. The van der Waals surface area contributed by atoms with Gasteiger partial charge in [-0.2, -0.15) is 0 Å². The van der Waals surface area contributed by atoms with Crippen molar-refractivity contribution in [2.24, 2.45) is 0 Å². The van der Waals surface area contributed by atoms with Gasteiger partial charge in [0.05, 0.1) is 0 Å². The van der Waals surface area contributed by atoms with Crippen molar-refractivity contribution in [3.05, 3.63) is 70.2 Å². The second kappa shape index (κ2) is 5.49. The van der Waals surface area contributed by atoms with Crippen molar-refractivity contribution in [2.75, 3.05) is 0 Å². The fourth-order valence-electron chi connectivity index (χ4n) is 1.91. The highest BCUT2D eigenvalue weighted by atomic mass is 79.9. The Bertz CT molecular complexity index is 687. The molecule has 0 amide bonds. The van der Waals surface area contributed by atoms with E-state index in [1.807, 2.05) is 30.3 Å². The van der Waals surface area contributed by atoms with Crippen LogP contribution in [0.2, 0.25) is 5.02 Å². The zero-order chi connectivity index (χ0) is 13.2. The molecule has 0 radical (unpaired) electrons. The van der Waals surface area contributed by atoms with Crippen LogP contribution in [0.5, 0.6) is 0 Å². The second-order valence-corrected chi connectivity index (χ2v) is 6.50. The highest BCUT2D eigenvalue weighted by Crippen LogP contribution is 2.41. The van der Waals surface area contributed by atoms with Gasteiger partial charge in [-0.15, -0.1) is 11.3 Å². The Morgan fingerprint density at radius 2 is 1.53 bits per heavy atom. The van der Waals surface area contributed by atoms with E-state index in [1.165, 1.54) is 20.9 Å². The van der Waals surface area contributed by atoms with E-state index in [1.54, 1.807) is 11.3 Å². The monoisotopic (exact) mass is 348 g/mol. The van der Waals surface area contributed by atoms with Crippen molar-refractivity contribution in [1.29, 1.82) is 0 Å². The Balaban J connectivity index is 2.05. The Hall–Kier alpha value is -1.09. The van der Waals surface area contributed by atoms with Gasteiger partial charge in [-0.3, -0.25) is 0 Å². The topological polar surface area (TPSA) is 0 Å². The molecule has 0 aliphatic rings. The van der Waals surface area contributed by atoms with Crippen LogP contribution in [0, 0.1) is 0 Å². The molecule has 0 aliphatic carbocycles. The zero-order valence-corrected chi connectivity index (χ0v) is 13.1. The lowest BCUT2D eigenvalue weighted by molar-refractivity contribution is 1.67. The van der Waals surface area contributed by atoms with Crippen LogP contribution in [-0.2, 0) is 0 Å². The number of thiophene rings is 1. The minimum atomic E-state index is 0.764. The van der Waals surface area contributed by atoms with Gasteiger partial charge in [0.1, 0.15) is 0 Å². The Morgan fingerprint density at radius 3 is 2.21 bits per heavy atom. The number of hydrogen-bond acceptors (Lipinski definition) is 1. The number of hydrogen-bond donors (Lipinski definition) is 0. The van der Waals surface area contributed by atoms with Gasteiger partial charge in [0, 0.05) is 19.2 Å². The molecule has 3 heteroatoms. The van der Waals surface area contributed by atoms with E-state index < -0.39 is 0 Å². The second-order valence-electron chi connectivity index (χ2n) is 4.16. The number of benzene rings is 2. The van der Waals surface area contributed by atoms with E-state index in [4.69, 9.17) is 11.6 Å². The summed E-state index contributed by atoms with van der Waals surface area (Å²) < 4.78 is 1.12. The van der Waals surface area contributed by atoms with Gasteiger partial charge in [0.15, 0.2) is 0 Å². The maximum atomic E-state index is 5.93. The standard InChI is InChI=1S/C16H10BrClS/c17-14-10-15(11-4-2-1-3-5-11)19-16(14)12-6-8-13(18)9-7-12/h1-10H. The van der Waals surface area contributed by atoms with Gasteiger partial charge in [0.2, 0.25) is 0 Å². The quantitative estimate of drug-likeness (QED) is 0.495. The molecule has 0 aliphatic heterocycles. The largest absolute Gasteiger partial charge is 0.134 e. The molecule has 3 rings (SSSR count). The minimum Gasteiger partial charge on any atom is -0.134 e. The molecule has 19 heavy (non-hydrogen) atoms. The molecule has 0 saturated heterocycles. The van der Waals surface area contributed by atoms with Crippen molar-refractivity contribution >= 4 is 38.9 Å². The van der Waals surface area contributed by atoms with E-state index in [0.29, 0.717) is 0 Å². The smallest absolute Gasteiger partial charge is 0.0491 e. The first-order valence-electron chi connectivity index (χ1n) is 5.85. The summed E-state index contributed by atoms with van der Waals surface area (Å²) in [4.78, 5) is 2.49. The summed E-state index contributed by atoms with van der Waals surface area (Å²) in [5.41, 5.74) is 2.43. The van der Waals surface area contributed by atoms with E-state index in [9.17, 15) is 0 Å². The van der Waals surface area contributed by atoms with Crippen LogP contribution >= 0.6 is 38.9 Å². The average molecular weight is 350 g/mol. The van der Waals surface area contributed by atoms with E-state index in [2.05, 4.69) is 46.3 Å². The molecule has 0 unspecified atom stereocenters. The first-order valence-corrected chi connectivity index (χ1v) is 7.83. The molecule has 94 valence electrons. The van der Waals surface area contributed by atoms with Crippen LogP contribution in [0.25, 0.3) is 20.9 Å². The molecule has 0 nitrogen and oxygen atoms in total. The lowest BCUT2D eigenvalue weighted by atomic mass is 10.1. The lowest BCUT2D eigenvalue weighted by Crippen LogP contribution is -1.71. The molecule has 2 aromatic carbocycles.